The monoisotopic (exact) mass is 590 g/mol. The summed E-state index contributed by atoms with van der Waals surface area (Å²) < 4.78 is 0. The van der Waals surface area contributed by atoms with E-state index in [4.69, 9.17) is 0 Å². The van der Waals surface area contributed by atoms with Gasteiger partial charge in [0.1, 0.15) is 5.66 Å². The number of rotatable bonds is 7. The van der Waals surface area contributed by atoms with Crippen LogP contribution < -0.4 is 9.80 Å². The molecule has 7 aromatic rings. The Labute approximate surface area is 270 Å². The highest BCUT2D eigenvalue weighted by Gasteiger charge is 2.44. The van der Waals surface area contributed by atoms with E-state index in [1.54, 1.807) is 0 Å². The van der Waals surface area contributed by atoms with Crippen molar-refractivity contribution in [2.45, 2.75) is 12.1 Å². The number of benzene rings is 7. The standard InChI is InChI=1S/C44H34N2/c1-4-16-34(17-5-1)35-30-32-44(33-31-35,45(38-22-6-2-7-23-38)39-24-8-3-9-25-39)46(42-28-14-20-36-18-10-12-26-40(36)42)43-29-15-21-37-19-11-13-27-41(37)43/h1-32H,33H2. The molecule has 2 nitrogen and oxygen atoms in total. The molecule has 0 N–H and O–H groups in total. The third-order valence-corrected chi connectivity index (χ3v) is 9.08. The Balaban J connectivity index is 1.47. The van der Waals surface area contributed by atoms with Crippen molar-refractivity contribution in [1.29, 1.82) is 0 Å². The first-order chi connectivity index (χ1) is 22.8. The topological polar surface area (TPSA) is 6.48 Å². The van der Waals surface area contributed by atoms with Gasteiger partial charge in [0.25, 0.3) is 0 Å². The van der Waals surface area contributed by atoms with Crippen LogP contribution in [0.25, 0.3) is 27.1 Å². The largest absolute Gasteiger partial charge is 0.314 e. The Kier molecular flexibility index (Phi) is 7.16. The second-order valence-electron chi connectivity index (χ2n) is 11.8. The number of nitrogens with zero attached hydrogens (tertiary/aromatic N) is 2. The SMILES string of the molecule is C1=CC(N(c2ccccc2)c2ccccc2)(N(c2cccc3ccccc23)c2cccc3ccccc23)CC=C1c1ccccc1. The lowest BCUT2D eigenvalue weighted by Crippen LogP contribution is -2.57. The highest BCUT2D eigenvalue weighted by molar-refractivity contribution is 6.03. The maximum Gasteiger partial charge on any atom is 0.145 e. The molecule has 0 fully saturated rings. The van der Waals surface area contributed by atoms with E-state index >= 15 is 0 Å². The second kappa shape index (κ2) is 11.9. The van der Waals surface area contributed by atoms with Crippen LogP contribution in [-0.2, 0) is 0 Å². The van der Waals surface area contributed by atoms with Crippen molar-refractivity contribution in [2.24, 2.45) is 0 Å². The average molecular weight is 591 g/mol. The minimum absolute atomic E-state index is 0.658. The minimum Gasteiger partial charge on any atom is -0.314 e. The van der Waals surface area contributed by atoms with Crippen molar-refractivity contribution >= 4 is 49.9 Å². The fourth-order valence-corrected chi connectivity index (χ4v) is 7.00. The number of anilines is 4. The van der Waals surface area contributed by atoms with E-state index in [9.17, 15) is 0 Å². The normalized spacial score (nSPS) is 15.9. The Bertz CT molecular complexity index is 2060. The quantitative estimate of drug-likeness (QED) is 0.170. The van der Waals surface area contributed by atoms with Crippen LogP contribution in [-0.4, -0.2) is 5.66 Å². The summed E-state index contributed by atoms with van der Waals surface area (Å²) >= 11 is 0. The summed E-state index contributed by atoms with van der Waals surface area (Å²) in [6, 6.07) is 63.2. The summed E-state index contributed by atoms with van der Waals surface area (Å²) in [6.45, 7) is 0. The van der Waals surface area contributed by atoms with Crippen LogP contribution >= 0.6 is 0 Å². The van der Waals surface area contributed by atoms with E-state index in [0.29, 0.717) is 0 Å². The molecule has 0 amide bonds. The Morgan fingerprint density at radius 3 is 1.37 bits per heavy atom. The highest BCUT2D eigenvalue weighted by atomic mass is 15.4. The van der Waals surface area contributed by atoms with Crippen molar-refractivity contribution in [3.63, 3.8) is 0 Å². The van der Waals surface area contributed by atoms with E-state index in [-0.39, 0.29) is 0 Å². The molecule has 0 spiro atoms. The van der Waals surface area contributed by atoms with E-state index < -0.39 is 5.66 Å². The van der Waals surface area contributed by atoms with Crippen molar-refractivity contribution < 1.29 is 0 Å². The zero-order valence-electron chi connectivity index (χ0n) is 25.6. The first kappa shape index (κ1) is 27.7. The van der Waals surface area contributed by atoms with Crippen LogP contribution in [0.1, 0.15) is 12.0 Å². The lowest BCUT2D eigenvalue weighted by atomic mass is 9.87. The molecule has 0 saturated heterocycles. The smallest absolute Gasteiger partial charge is 0.145 e. The van der Waals surface area contributed by atoms with Gasteiger partial charge in [0, 0.05) is 28.6 Å². The van der Waals surface area contributed by atoms with Gasteiger partial charge in [-0.2, -0.15) is 0 Å². The molecule has 8 rings (SSSR count). The molecule has 0 saturated carbocycles. The maximum absolute atomic E-state index is 2.59. The molecule has 0 heterocycles. The summed E-state index contributed by atoms with van der Waals surface area (Å²) in [5, 5.41) is 4.85. The van der Waals surface area contributed by atoms with Gasteiger partial charge in [-0.3, -0.25) is 0 Å². The van der Waals surface area contributed by atoms with Crippen molar-refractivity contribution in [3.8, 4) is 0 Å². The summed E-state index contributed by atoms with van der Waals surface area (Å²) in [7, 11) is 0. The average Bonchev–Trinajstić information content (AvgIpc) is 3.14. The Morgan fingerprint density at radius 2 is 0.870 bits per heavy atom. The molecule has 46 heavy (non-hydrogen) atoms. The number of para-hydroxylation sites is 2. The highest BCUT2D eigenvalue weighted by Crippen LogP contribution is 2.49. The third-order valence-electron chi connectivity index (χ3n) is 9.08. The van der Waals surface area contributed by atoms with Crippen LogP contribution in [0, 0.1) is 0 Å². The molecule has 1 aliphatic rings. The van der Waals surface area contributed by atoms with Gasteiger partial charge in [0.2, 0.25) is 0 Å². The fourth-order valence-electron chi connectivity index (χ4n) is 7.00. The summed E-state index contributed by atoms with van der Waals surface area (Å²) in [6.07, 6.45) is 7.90. The first-order valence-electron chi connectivity index (χ1n) is 15.9. The maximum atomic E-state index is 2.59. The molecule has 0 bridgehead atoms. The van der Waals surface area contributed by atoms with Crippen molar-refractivity contribution in [3.05, 3.63) is 200 Å². The Morgan fingerprint density at radius 1 is 0.413 bits per heavy atom. The van der Waals surface area contributed by atoms with Gasteiger partial charge in [-0.15, -0.1) is 0 Å². The van der Waals surface area contributed by atoms with Crippen molar-refractivity contribution in [1.82, 2.24) is 0 Å². The molecular weight excluding hydrogens is 556 g/mol. The zero-order chi connectivity index (χ0) is 30.8. The predicted molar refractivity (Wildman–Crippen MR) is 196 cm³/mol. The van der Waals surface area contributed by atoms with E-state index in [1.807, 2.05) is 0 Å². The molecule has 1 atom stereocenters. The van der Waals surface area contributed by atoms with Crippen LogP contribution in [0.2, 0.25) is 0 Å². The zero-order valence-corrected chi connectivity index (χ0v) is 25.6. The van der Waals surface area contributed by atoms with Gasteiger partial charge in [-0.05, 0) is 64.4 Å². The van der Waals surface area contributed by atoms with Crippen LogP contribution in [0.15, 0.2) is 194 Å². The second-order valence-corrected chi connectivity index (χ2v) is 11.8. The number of hydrogen-bond donors (Lipinski definition) is 0. The molecule has 1 unspecified atom stereocenters. The van der Waals surface area contributed by atoms with Crippen LogP contribution in [0.5, 0.6) is 0 Å². The van der Waals surface area contributed by atoms with Gasteiger partial charge in [-0.25, -0.2) is 0 Å². The third kappa shape index (κ3) is 4.85. The molecule has 0 aromatic heterocycles. The lowest BCUT2D eigenvalue weighted by molar-refractivity contribution is 0.528. The van der Waals surface area contributed by atoms with Crippen LogP contribution in [0.4, 0.5) is 22.7 Å². The molecule has 7 aromatic carbocycles. The van der Waals surface area contributed by atoms with Gasteiger partial charge in [-0.1, -0.05) is 152 Å². The van der Waals surface area contributed by atoms with Crippen LogP contribution in [0.3, 0.4) is 0 Å². The number of hydrogen-bond acceptors (Lipinski definition) is 2. The van der Waals surface area contributed by atoms with E-state index in [0.717, 1.165) is 29.2 Å². The molecule has 0 aliphatic heterocycles. The molecule has 1 aliphatic carbocycles. The fraction of sp³-hybridized carbons (Fsp3) is 0.0455. The minimum atomic E-state index is -0.658. The van der Waals surface area contributed by atoms with E-state index in [1.165, 1.54) is 32.7 Å². The van der Waals surface area contributed by atoms with Gasteiger partial charge >= 0.3 is 0 Å². The predicted octanol–water partition coefficient (Wildman–Crippen LogP) is 11.7. The molecule has 2 heteroatoms. The lowest BCUT2D eigenvalue weighted by Gasteiger charge is -2.52. The summed E-state index contributed by atoms with van der Waals surface area (Å²) in [5.74, 6) is 0. The molecular formula is C44H34N2. The van der Waals surface area contributed by atoms with Gasteiger partial charge in [0.15, 0.2) is 0 Å². The first-order valence-corrected chi connectivity index (χ1v) is 15.9. The van der Waals surface area contributed by atoms with E-state index in [2.05, 4.69) is 204 Å². The van der Waals surface area contributed by atoms with Gasteiger partial charge in [0.05, 0.1) is 11.4 Å². The van der Waals surface area contributed by atoms with Crippen molar-refractivity contribution in [2.75, 3.05) is 9.80 Å². The van der Waals surface area contributed by atoms with Gasteiger partial charge < -0.3 is 9.80 Å². The summed E-state index contributed by atoms with van der Waals surface area (Å²) in [4.78, 5) is 5.11. The Hall–Kier alpha value is -5.86. The number of allylic oxidation sites excluding steroid dienone is 2. The summed E-state index contributed by atoms with van der Waals surface area (Å²) in [5.41, 5.74) is 6.36. The molecule has 220 valence electrons. The number of fused-ring (bicyclic) bond motifs is 2. The molecule has 0 radical (unpaired) electrons.